The Labute approximate surface area is 122 Å². The van der Waals surface area contributed by atoms with Gasteiger partial charge in [0.15, 0.2) is 0 Å². The van der Waals surface area contributed by atoms with E-state index in [0.29, 0.717) is 0 Å². The fourth-order valence-corrected chi connectivity index (χ4v) is 2.17. The molecule has 0 radical (unpaired) electrons. The molecule has 0 aliphatic rings. The van der Waals surface area contributed by atoms with Crippen molar-refractivity contribution in [1.29, 1.82) is 0 Å². The van der Waals surface area contributed by atoms with E-state index in [4.69, 9.17) is 6.64 Å². The summed E-state index contributed by atoms with van der Waals surface area (Å²) in [6.45, 7) is 6.28. The second kappa shape index (κ2) is 18.5. The Morgan fingerprint density at radius 1 is 0.688 bits per heavy atom. The van der Waals surface area contributed by atoms with E-state index in [1.165, 1.54) is 51.4 Å². The summed E-state index contributed by atoms with van der Waals surface area (Å²) in [5.74, 6) is 0. The van der Waals surface area contributed by atoms with Crippen LogP contribution in [0.3, 0.4) is 0 Å². The molecule has 0 amide bonds. The molecule has 0 aromatic rings. The molecule has 0 atom stereocenters. The SMILES string of the molecule is Br.CCCCCC[O][Ti][O]CCCCCC. The van der Waals surface area contributed by atoms with Crippen LogP contribution >= 0.6 is 17.0 Å². The first-order chi connectivity index (χ1) is 7.41. The van der Waals surface area contributed by atoms with Crippen LogP contribution in [0.1, 0.15) is 65.2 Å². The summed E-state index contributed by atoms with van der Waals surface area (Å²) in [5, 5.41) is 0. The van der Waals surface area contributed by atoms with Crippen LogP contribution in [0.4, 0.5) is 0 Å². The molecule has 16 heavy (non-hydrogen) atoms. The average molecular weight is 331 g/mol. The maximum atomic E-state index is 5.49. The predicted molar refractivity (Wildman–Crippen MR) is 70.5 cm³/mol. The van der Waals surface area contributed by atoms with Crippen LogP contribution in [0.25, 0.3) is 0 Å². The van der Waals surface area contributed by atoms with Gasteiger partial charge < -0.3 is 0 Å². The zero-order valence-corrected chi connectivity index (χ0v) is 14.1. The quantitative estimate of drug-likeness (QED) is 0.382. The molecule has 0 N–H and O–H groups in total. The average Bonchev–Trinajstić information content (AvgIpc) is 2.26. The van der Waals surface area contributed by atoms with Crippen LogP contribution in [-0.4, -0.2) is 13.2 Å². The molecule has 0 bridgehead atoms. The number of unbranched alkanes of at least 4 members (excludes halogenated alkanes) is 6. The maximum absolute atomic E-state index is 5.49. The third-order valence-electron chi connectivity index (χ3n) is 2.32. The van der Waals surface area contributed by atoms with E-state index < -0.39 is 19.9 Å². The van der Waals surface area contributed by atoms with Crippen LogP contribution in [-0.2, 0) is 26.6 Å². The topological polar surface area (TPSA) is 18.5 Å². The minimum absolute atomic E-state index is 0. The molecule has 0 aromatic carbocycles. The van der Waals surface area contributed by atoms with E-state index in [9.17, 15) is 0 Å². The van der Waals surface area contributed by atoms with Crippen LogP contribution < -0.4 is 0 Å². The summed E-state index contributed by atoms with van der Waals surface area (Å²) in [7, 11) is 0. The third-order valence-corrected chi connectivity index (χ3v) is 3.32. The summed E-state index contributed by atoms with van der Waals surface area (Å²) in [4.78, 5) is 0. The predicted octanol–water partition coefficient (Wildman–Crippen LogP) is 4.67. The standard InChI is InChI=1S/2C6H13O.BrH.Ti/c2*1-2-3-4-5-6-7;;/h2*2-6H2,1H3;1H;/q2*-1;;+2. The van der Waals surface area contributed by atoms with E-state index in [1.54, 1.807) is 0 Å². The molecule has 0 aromatic heterocycles. The summed E-state index contributed by atoms with van der Waals surface area (Å²) < 4.78 is 11.0. The van der Waals surface area contributed by atoms with Crippen LogP contribution in [0.15, 0.2) is 0 Å². The Morgan fingerprint density at radius 3 is 1.50 bits per heavy atom. The van der Waals surface area contributed by atoms with Crippen molar-refractivity contribution in [3.05, 3.63) is 0 Å². The van der Waals surface area contributed by atoms with Gasteiger partial charge in [-0.05, 0) is 0 Å². The van der Waals surface area contributed by atoms with Crippen molar-refractivity contribution >= 4 is 17.0 Å². The first-order valence-corrected chi connectivity index (χ1v) is 7.67. The van der Waals surface area contributed by atoms with Crippen molar-refractivity contribution < 1.29 is 26.6 Å². The van der Waals surface area contributed by atoms with Crippen molar-refractivity contribution in [3.63, 3.8) is 0 Å². The second-order valence-corrected chi connectivity index (χ2v) is 5.06. The molecule has 0 aliphatic heterocycles. The van der Waals surface area contributed by atoms with Gasteiger partial charge >= 0.3 is 105 Å². The minimum atomic E-state index is -0.543. The van der Waals surface area contributed by atoms with E-state index in [2.05, 4.69) is 13.8 Å². The molecule has 0 rings (SSSR count). The van der Waals surface area contributed by atoms with E-state index in [-0.39, 0.29) is 17.0 Å². The van der Waals surface area contributed by atoms with E-state index >= 15 is 0 Å². The van der Waals surface area contributed by atoms with Gasteiger partial charge in [0.25, 0.3) is 0 Å². The van der Waals surface area contributed by atoms with Gasteiger partial charge in [0.2, 0.25) is 0 Å². The molecular weight excluding hydrogens is 304 g/mol. The fourth-order valence-electron chi connectivity index (χ4n) is 1.33. The summed E-state index contributed by atoms with van der Waals surface area (Å²) in [5.41, 5.74) is 0. The van der Waals surface area contributed by atoms with Gasteiger partial charge in [0, 0.05) is 0 Å². The molecule has 0 saturated heterocycles. The first-order valence-electron chi connectivity index (χ1n) is 6.40. The van der Waals surface area contributed by atoms with Crippen molar-refractivity contribution in [3.8, 4) is 0 Å². The molecule has 4 heteroatoms. The van der Waals surface area contributed by atoms with Gasteiger partial charge in [-0.15, -0.1) is 17.0 Å². The van der Waals surface area contributed by atoms with Crippen LogP contribution in [0.2, 0.25) is 0 Å². The third kappa shape index (κ3) is 17.5. The normalized spacial score (nSPS) is 9.88. The van der Waals surface area contributed by atoms with Crippen molar-refractivity contribution in [2.24, 2.45) is 0 Å². The number of rotatable bonds is 12. The molecule has 0 heterocycles. The molecular formula is C12H27BrO2Ti. The number of hydrogen-bond acceptors (Lipinski definition) is 2. The molecule has 0 fully saturated rings. The molecule has 0 spiro atoms. The van der Waals surface area contributed by atoms with Gasteiger partial charge in [0.1, 0.15) is 0 Å². The zero-order chi connectivity index (χ0) is 11.2. The Kier molecular flexibility index (Phi) is 22.5. The second-order valence-electron chi connectivity index (χ2n) is 3.90. The first kappa shape index (κ1) is 19.5. The van der Waals surface area contributed by atoms with Gasteiger partial charge in [0.05, 0.1) is 0 Å². The Hall–Kier alpha value is 1.11. The summed E-state index contributed by atoms with van der Waals surface area (Å²) in [6, 6.07) is 0. The van der Waals surface area contributed by atoms with Crippen LogP contribution in [0.5, 0.6) is 0 Å². The molecule has 0 saturated carbocycles. The van der Waals surface area contributed by atoms with Gasteiger partial charge in [-0.2, -0.15) is 0 Å². The van der Waals surface area contributed by atoms with Crippen molar-refractivity contribution in [1.82, 2.24) is 0 Å². The fraction of sp³-hybridized carbons (Fsp3) is 1.00. The van der Waals surface area contributed by atoms with Gasteiger partial charge in [-0.25, -0.2) is 0 Å². The molecule has 0 aliphatic carbocycles. The van der Waals surface area contributed by atoms with Crippen molar-refractivity contribution in [2.45, 2.75) is 65.2 Å². The Balaban J connectivity index is 0. The monoisotopic (exact) mass is 330 g/mol. The van der Waals surface area contributed by atoms with Gasteiger partial charge in [-0.3, -0.25) is 0 Å². The number of halogens is 1. The van der Waals surface area contributed by atoms with Crippen molar-refractivity contribution in [2.75, 3.05) is 13.2 Å². The summed E-state index contributed by atoms with van der Waals surface area (Å²) >= 11 is -0.543. The van der Waals surface area contributed by atoms with E-state index in [1.807, 2.05) is 0 Å². The molecule has 0 unspecified atom stereocenters. The summed E-state index contributed by atoms with van der Waals surface area (Å²) in [6.07, 6.45) is 10.3. The zero-order valence-electron chi connectivity index (χ0n) is 10.8. The molecule has 98 valence electrons. The van der Waals surface area contributed by atoms with Gasteiger partial charge in [-0.1, -0.05) is 0 Å². The van der Waals surface area contributed by atoms with Crippen LogP contribution in [0, 0.1) is 0 Å². The Bertz CT molecular complexity index is 103. The molecule has 2 nitrogen and oxygen atoms in total. The Morgan fingerprint density at radius 2 is 1.12 bits per heavy atom. The van der Waals surface area contributed by atoms with E-state index in [0.717, 1.165) is 13.2 Å². The number of hydrogen-bond donors (Lipinski definition) is 0.